The van der Waals surface area contributed by atoms with Crippen molar-refractivity contribution in [2.24, 2.45) is 0 Å². The van der Waals surface area contributed by atoms with Crippen LogP contribution in [0.25, 0.3) is 22.2 Å². The highest BCUT2D eigenvalue weighted by molar-refractivity contribution is 6.30. The maximum absolute atomic E-state index is 13.8. The highest BCUT2D eigenvalue weighted by Gasteiger charge is 2.26. The van der Waals surface area contributed by atoms with Crippen molar-refractivity contribution >= 4 is 34.1 Å². The van der Waals surface area contributed by atoms with Crippen molar-refractivity contribution in [3.63, 3.8) is 0 Å². The largest absolute Gasteiger partial charge is 0.368 e. The Balaban J connectivity index is 1.47. The molecule has 4 aromatic rings. The molecule has 0 atom stereocenters. The summed E-state index contributed by atoms with van der Waals surface area (Å²) in [5.41, 5.74) is 5.04. The van der Waals surface area contributed by atoms with Gasteiger partial charge in [0.15, 0.2) is 0 Å². The van der Waals surface area contributed by atoms with Gasteiger partial charge in [-0.15, -0.1) is 0 Å². The standard InChI is InChI=1S/C27H23ClFN3O/c1-18-25(27(33)32-16-14-31(15-17-32)22-12-10-21(29)11-13-22)23-4-2-3-5-24(23)30-26(18)19-6-8-20(28)9-7-19/h2-13H,14-17H2,1H3. The summed E-state index contributed by atoms with van der Waals surface area (Å²) in [7, 11) is 0. The molecule has 1 aliphatic heterocycles. The van der Waals surface area contributed by atoms with E-state index < -0.39 is 0 Å². The lowest BCUT2D eigenvalue weighted by molar-refractivity contribution is 0.0748. The van der Waals surface area contributed by atoms with Crippen LogP contribution in [0.1, 0.15) is 15.9 Å². The van der Waals surface area contributed by atoms with E-state index in [-0.39, 0.29) is 11.7 Å². The molecule has 2 heterocycles. The first-order valence-corrected chi connectivity index (χ1v) is 11.3. The second-order valence-electron chi connectivity index (χ2n) is 8.24. The van der Waals surface area contributed by atoms with Crippen LogP contribution in [-0.2, 0) is 0 Å². The number of pyridine rings is 1. The fourth-order valence-electron chi connectivity index (χ4n) is 4.45. The summed E-state index contributed by atoms with van der Waals surface area (Å²) in [5.74, 6) is -0.232. The van der Waals surface area contributed by atoms with Crippen molar-refractivity contribution < 1.29 is 9.18 Å². The van der Waals surface area contributed by atoms with Gasteiger partial charge in [-0.25, -0.2) is 9.37 Å². The molecule has 33 heavy (non-hydrogen) atoms. The number of hydrogen-bond donors (Lipinski definition) is 0. The zero-order valence-electron chi connectivity index (χ0n) is 18.3. The second-order valence-corrected chi connectivity index (χ2v) is 8.68. The predicted molar refractivity (Wildman–Crippen MR) is 131 cm³/mol. The number of halogens is 2. The highest BCUT2D eigenvalue weighted by atomic mass is 35.5. The van der Waals surface area contributed by atoms with Gasteiger partial charge in [-0.2, -0.15) is 0 Å². The van der Waals surface area contributed by atoms with E-state index >= 15 is 0 Å². The molecule has 5 rings (SSSR count). The maximum Gasteiger partial charge on any atom is 0.255 e. The smallest absolute Gasteiger partial charge is 0.255 e. The highest BCUT2D eigenvalue weighted by Crippen LogP contribution is 2.31. The number of rotatable bonds is 3. The lowest BCUT2D eigenvalue weighted by Gasteiger charge is -2.36. The molecule has 0 spiro atoms. The molecule has 0 unspecified atom stereocenters. The molecule has 166 valence electrons. The Morgan fingerprint density at radius 1 is 0.909 bits per heavy atom. The van der Waals surface area contributed by atoms with Crippen LogP contribution >= 0.6 is 11.6 Å². The third kappa shape index (κ3) is 4.16. The number of para-hydroxylation sites is 1. The number of nitrogens with zero attached hydrogens (tertiary/aromatic N) is 3. The van der Waals surface area contributed by atoms with Gasteiger partial charge in [-0.3, -0.25) is 4.79 Å². The maximum atomic E-state index is 13.8. The molecular weight excluding hydrogens is 437 g/mol. The van der Waals surface area contributed by atoms with Crippen LogP contribution in [0, 0.1) is 12.7 Å². The number of anilines is 1. The zero-order valence-corrected chi connectivity index (χ0v) is 19.0. The molecule has 1 amide bonds. The SMILES string of the molecule is Cc1c(-c2ccc(Cl)cc2)nc2ccccc2c1C(=O)N1CCN(c2ccc(F)cc2)CC1. The molecule has 4 nitrogen and oxygen atoms in total. The molecule has 1 aromatic heterocycles. The minimum absolute atomic E-state index is 0.0140. The number of aromatic nitrogens is 1. The quantitative estimate of drug-likeness (QED) is 0.379. The third-order valence-electron chi connectivity index (χ3n) is 6.23. The predicted octanol–water partition coefficient (Wildman–Crippen LogP) is 5.97. The third-order valence-corrected chi connectivity index (χ3v) is 6.48. The summed E-state index contributed by atoms with van der Waals surface area (Å²) >= 11 is 6.08. The molecule has 1 aliphatic rings. The van der Waals surface area contributed by atoms with Crippen LogP contribution in [0.4, 0.5) is 10.1 Å². The zero-order chi connectivity index (χ0) is 22.9. The molecule has 3 aromatic carbocycles. The average molecular weight is 460 g/mol. The first kappa shape index (κ1) is 21.4. The summed E-state index contributed by atoms with van der Waals surface area (Å²) in [6, 6.07) is 21.8. The Kier molecular flexibility index (Phi) is 5.73. The monoisotopic (exact) mass is 459 g/mol. The van der Waals surface area contributed by atoms with E-state index in [1.165, 1.54) is 12.1 Å². The van der Waals surface area contributed by atoms with Crippen molar-refractivity contribution in [1.82, 2.24) is 9.88 Å². The van der Waals surface area contributed by atoms with Crippen LogP contribution in [0.3, 0.4) is 0 Å². The number of hydrogen-bond acceptors (Lipinski definition) is 3. The summed E-state index contributed by atoms with van der Waals surface area (Å²) in [4.78, 5) is 22.7. The van der Waals surface area contributed by atoms with Gasteiger partial charge in [0, 0.05) is 47.8 Å². The van der Waals surface area contributed by atoms with Crippen LogP contribution in [0.5, 0.6) is 0 Å². The Morgan fingerprint density at radius 2 is 1.58 bits per heavy atom. The fraction of sp³-hybridized carbons (Fsp3) is 0.185. The normalized spacial score (nSPS) is 14.0. The summed E-state index contributed by atoms with van der Waals surface area (Å²) in [5, 5.41) is 1.52. The number of carbonyl (C=O) groups is 1. The van der Waals surface area contributed by atoms with E-state index in [2.05, 4.69) is 4.90 Å². The van der Waals surface area contributed by atoms with Gasteiger partial charge in [-0.1, -0.05) is 41.9 Å². The van der Waals surface area contributed by atoms with Crippen molar-refractivity contribution in [2.45, 2.75) is 6.92 Å². The van der Waals surface area contributed by atoms with Crippen LogP contribution in [0.2, 0.25) is 5.02 Å². The molecule has 0 saturated carbocycles. The van der Waals surface area contributed by atoms with Crippen LogP contribution in [-0.4, -0.2) is 42.0 Å². The summed E-state index contributed by atoms with van der Waals surface area (Å²) < 4.78 is 13.3. The first-order valence-electron chi connectivity index (χ1n) is 11.0. The number of amides is 1. The van der Waals surface area contributed by atoms with E-state index in [4.69, 9.17) is 16.6 Å². The lowest BCUT2D eigenvalue weighted by atomic mass is 9.96. The molecule has 1 saturated heterocycles. The van der Waals surface area contributed by atoms with Gasteiger partial charge in [0.05, 0.1) is 16.8 Å². The van der Waals surface area contributed by atoms with Gasteiger partial charge in [-0.05, 0) is 55.0 Å². The molecular formula is C27H23ClFN3O. The van der Waals surface area contributed by atoms with E-state index in [1.54, 1.807) is 12.1 Å². The van der Waals surface area contributed by atoms with E-state index in [9.17, 15) is 9.18 Å². The van der Waals surface area contributed by atoms with E-state index in [0.717, 1.165) is 33.4 Å². The van der Waals surface area contributed by atoms with Crippen LogP contribution < -0.4 is 4.90 Å². The molecule has 0 radical (unpaired) electrons. The van der Waals surface area contributed by atoms with Gasteiger partial charge in [0.2, 0.25) is 0 Å². The Bertz CT molecular complexity index is 1310. The molecule has 0 N–H and O–H groups in total. The fourth-order valence-corrected chi connectivity index (χ4v) is 4.58. The number of carbonyl (C=O) groups excluding carboxylic acids is 1. The van der Waals surface area contributed by atoms with Crippen LogP contribution in [0.15, 0.2) is 72.8 Å². The van der Waals surface area contributed by atoms with Gasteiger partial charge in [0.25, 0.3) is 5.91 Å². The van der Waals surface area contributed by atoms with Gasteiger partial charge in [0.1, 0.15) is 5.82 Å². The van der Waals surface area contributed by atoms with Gasteiger partial charge < -0.3 is 9.80 Å². The minimum Gasteiger partial charge on any atom is -0.368 e. The molecule has 0 bridgehead atoms. The number of piperazine rings is 1. The molecule has 0 aliphatic carbocycles. The minimum atomic E-state index is -0.246. The topological polar surface area (TPSA) is 36.4 Å². The Morgan fingerprint density at radius 3 is 2.27 bits per heavy atom. The number of fused-ring (bicyclic) bond motifs is 1. The lowest BCUT2D eigenvalue weighted by Crippen LogP contribution is -2.49. The second kappa shape index (κ2) is 8.83. The van der Waals surface area contributed by atoms with Crippen molar-refractivity contribution in [3.05, 3.63) is 94.8 Å². The first-order chi connectivity index (χ1) is 16.0. The molecule has 1 fully saturated rings. The van der Waals surface area contributed by atoms with Gasteiger partial charge >= 0.3 is 0 Å². The van der Waals surface area contributed by atoms with Crippen molar-refractivity contribution in [3.8, 4) is 11.3 Å². The Hall–Kier alpha value is -3.44. The van der Waals surface area contributed by atoms with E-state index in [1.807, 2.05) is 60.4 Å². The molecule has 6 heteroatoms. The average Bonchev–Trinajstić information content (AvgIpc) is 2.84. The summed E-state index contributed by atoms with van der Waals surface area (Å²) in [6.07, 6.45) is 0. The number of benzene rings is 3. The van der Waals surface area contributed by atoms with Crippen molar-refractivity contribution in [1.29, 1.82) is 0 Å². The Labute approximate surface area is 197 Å². The van der Waals surface area contributed by atoms with Crippen molar-refractivity contribution in [2.75, 3.05) is 31.1 Å². The van der Waals surface area contributed by atoms with E-state index in [0.29, 0.717) is 36.8 Å². The summed E-state index contributed by atoms with van der Waals surface area (Å²) in [6.45, 7) is 4.56.